The molecule has 0 saturated carbocycles. The molecule has 1 atom stereocenters. The van der Waals surface area contributed by atoms with E-state index in [1.54, 1.807) is 30.0 Å². The lowest BCUT2D eigenvalue weighted by Gasteiger charge is -2.09. The molecule has 0 radical (unpaired) electrons. The van der Waals surface area contributed by atoms with Gasteiger partial charge in [-0.15, -0.1) is 0 Å². The van der Waals surface area contributed by atoms with Crippen molar-refractivity contribution >= 4 is 40.6 Å². The van der Waals surface area contributed by atoms with Crippen molar-refractivity contribution in [3.8, 4) is 0 Å². The average Bonchev–Trinajstić information content (AvgIpc) is 2.37. The summed E-state index contributed by atoms with van der Waals surface area (Å²) < 4.78 is 0. The van der Waals surface area contributed by atoms with E-state index in [1.165, 1.54) is 0 Å². The summed E-state index contributed by atoms with van der Waals surface area (Å²) in [6, 6.07) is 4.98. The highest BCUT2D eigenvalue weighted by atomic mass is 35.5. The fraction of sp³-hybridized carbons (Fsp3) is 0.462. The van der Waals surface area contributed by atoms with Crippen LogP contribution in [0.2, 0.25) is 5.02 Å². The Labute approximate surface area is 122 Å². The summed E-state index contributed by atoms with van der Waals surface area (Å²) in [4.78, 5) is 11.7. The quantitative estimate of drug-likeness (QED) is 0.534. The SMILES string of the molecule is CC(CO)CSCCC(=O)Nc1ccc(Cl)cc1N. The van der Waals surface area contributed by atoms with Crippen LogP contribution in [0.4, 0.5) is 11.4 Å². The fourth-order valence-electron chi connectivity index (χ4n) is 1.36. The molecular formula is C13H19ClN2O2S. The number of carbonyl (C=O) groups is 1. The molecule has 0 saturated heterocycles. The summed E-state index contributed by atoms with van der Waals surface area (Å²) in [5.41, 5.74) is 6.80. The average molecular weight is 303 g/mol. The lowest BCUT2D eigenvalue weighted by Crippen LogP contribution is -2.14. The number of halogens is 1. The number of nitrogens with one attached hydrogen (secondary N) is 1. The summed E-state index contributed by atoms with van der Waals surface area (Å²) in [5, 5.41) is 12.2. The number of aliphatic hydroxyl groups excluding tert-OH is 1. The zero-order valence-corrected chi connectivity index (χ0v) is 12.4. The monoisotopic (exact) mass is 302 g/mol. The Morgan fingerprint density at radius 3 is 2.95 bits per heavy atom. The van der Waals surface area contributed by atoms with Crippen molar-refractivity contribution in [2.45, 2.75) is 13.3 Å². The third kappa shape index (κ3) is 6.18. The molecule has 0 bridgehead atoms. The minimum absolute atomic E-state index is 0.0711. The van der Waals surface area contributed by atoms with Crippen LogP contribution < -0.4 is 11.1 Å². The normalized spacial score (nSPS) is 12.2. The van der Waals surface area contributed by atoms with Gasteiger partial charge in [-0.05, 0) is 29.9 Å². The maximum absolute atomic E-state index is 11.7. The molecule has 0 fully saturated rings. The molecule has 0 aromatic heterocycles. The number of amides is 1. The van der Waals surface area contributed by atoms with Gasteiger partial charge in [0.2, 0.25) is 5.91 Å². The van der Waals surface area contributed by atoms with Gasteiger partial charge in [0.05, 0.1) is 11.4 Å². The molecule has 0 aliphatic carbocycles. The van der Waals surface area contributed by atoms with E-state index in [4.69, 9.17) is 22.4 Å². The van der Waals surface area contributed by atoms with E-state index in [-0.39, 0.29) is 18.4 Å². The highest BCUT2D eigenvalue weighted by molar-refractivity contribution is 7.99. The number of rotatable bonds is 7. The maximum Gasteiger partial charge on any atom is 0.225 e. The minimum atomic E-state index is -0.0711. The van der Waals surface area contributed by atoms with E-state index in [9.17, 15) is 4.79 Å². The predicted octanol–water partition coefficient (Wildman–Crippen LogP) is 2.61. The highest BCUT2D eigenvalue weighted by Crippen LogP contribution is 2.22. The van der Waals surface area contributed by atoms with Crippen molar-refractivity contribution in [2.75, 3.05) is 29.2 Å². The number of thioether (sulfide) groups is 1. The van der Waals surface area contributed by atoms with Gasteiger partial charge in [-0.1, -0.05) is 18.5 Å². The van der Waals surface area contributed by atoms with Crippen LogP contribution in [0.15, 0.2) is 18.2 Å². The number of benzene rings is 1. The summed E-state index contributed by atoms with van der Waals surface area (Å²) in [5.74, 6) is 1.77. The summed E-state index contributed by atoms with van der Waals surface area (Å²) in [6.45, 7) is 2.15. The third-order valence-electron chi connectivity index (χ3n) is 2.48. The first-order valence-corrected chi connectivity index (χ1v) is 7.59. The van der Waals surface area contributed by atoms with E-state index in [0.717, 1.165) is 11.5 Å². The Balaban J connectivity index is 2.31. The molecular weight excluding hydrogens is 284 g/mol. The molecule has 0 aliphatic rings. The van der Waals surface area contributed by atoms with E-state index in [0.29, 0.717) is 22.8 Å². The van der Waals surface area contributed by atoms with Crippen LogP contribution in [0.1, 0.15) is 13.3 Å². The predicted molar refractivity (Wildman–Crippen MR) is 82.7 cm³/mol. The Hall–Kier alpha value is -0.910. The molecule has 1 aromatic carbocycles. The second-order valence-electron chi connectivity index (χ2n) is 4.39. The van der Waals surface area contributed by atoms with E-state index < -0.39 is 0 Å². The molecule has 1 unspecified atom stereocenters. The molecule has 0 heterocycles. The van der Waals surface area contributed by atoms with Crippen LogP contribution >= 0.6 is 23.4 Å². The molecule has 6 heteroatoms. The molecule has 1 aromatic rings. The molecule has 106 valence electrons. The first-order chi connectivity index (χ1) is 9.02. The van der Waals surface area contributed by atoms with E-state index in [1.807, 2.05) is 6.92 Å². The van der Waals surface area contributed by atoms with E-state index >= 15 is 0 Å². The maximum atomic E-state index is 11.7. The zero-order chi connectivity index (χ0) is 14.3. The lowest BCUT2D eigenvalue weighted by atomic mass is 10.2. The Morgan fingerprint density at radius 1 is 1.58 bits per heavy atom. The second kappa shape index (κ2) is 8.30. The van der Waals surface area contributed by atoms with Crippen LogP contribution in [0.3, 0.4) is 0 Å². The van der Waals surface area contributed by atoms with E-state index in [2.05, 4.69) is 5.32 Å². The standard InChI is InChI=1S/C13H19ClN2O2S/c1-9(7-17)8-19-5-4-13(18)16-12-3-2-10(14)6-11(12)15/h2-3,6,9,17H,4-5,7-8,15H2,1H3,(H,16,18). The highest BCUT2D eigenvalue weighted by Gasteiger charge is 2.06. The third-order valence-corrected chi connectivity index (χ3v) is 4.01. The van der Waals surface area contributed by atoms with Crippen LogP contribution in [-0.4, -0.2) is 29.1 Å². The van der Waals surface area contributed by atoms with Gasteiger partial charge in [0.1, 0.15) is 0 Å². The fourth-order valence-corrected chi connectivity index (χ4v) is 2.55. The summed E-state index contributed by atoms with van der Waals surface area (Å²) in [6.07, 6.45) is 0.422. The van der Waals surface area contributed by atoms with Gasteiger partial charge in [0.25, 0.3) is 0 Å². The Bertz CT molecular complexity index is 429. The lowest BCUT2D eigenvalue weighted by molar-refractivity contribution is -0.115. The number of anilines is 2. The van der Waals surface area contributed by atoms with Crippen LogP contribution in [0.5, 0.6) is 0 Å². The van der Waals surface area contributed by atoms with Crippen molar-refractivity contribution in [2.24, 2.45) is 5.92 Å². The number of nitrogen functional groups attached to an aromatic ring is 1. The number of nitrogens with two attached hydrogens (primary N) is 1. The van der Waals surface area contributed by atoms with Gasteiger partial charge in [0.15, 0.2) is 0 Å². The number of carbonyl (C=O) groups excluding carboxylic acids is 1. The molecule has 0 aliphatic heterocycles. The van der Waals surface area contributed by atoms with Gasteiger partial charge in [0, 0.05) is 23.8 Å². The van der Waals surface area contributed by atoms with Crippen molar-refractivity contribution in [3.05, 3.63) is 23.2 Å². The first kappa shape index (κ1) is 16.1. The number of aliphatic hydroxyl groups is 1. The van der Waals surface area contributed by atoms with Crippen LogP contribution in [0.25, 0.3) is 0 Å². The summed E-state index contributed by atoms with van der Waals surface area (Å²) >= 11 is 7.44. The largest absolute Gasteiger partial charge is 0.397 e. The Morgan fingerprint density at radius 2 is 2.32 bits per heavy atom. The molecule has 19 heavy (non-hydrogen) atoms. The van der Waals surface area contributed by atoms with Gasteiger partial charge in [-0.25, -0.2) is 0 Å². The molecule has 0 spiro atoms. The van der Waals surface area contributed by atoms with Crippen LogP contribution in [-0.2, 0) is 4.79 Å². The number of hydrogen-bond donors (Lipinski definition) is 3. The van der Waals surface area contributed by atoms with Crippen molar-refractivity contribution in [1.82, 2.24) is 0 Å². The van der Waals surface area contributed by atoms with Crippen LogP contribution in [0, 0.1) is 5.92 Å². The zero-order valence-electron chi connectivity index (χ0n) is 10.9. The van der Waals surface area contributed by atoms with Crippen molar-refractivity contribution < 1.29 is 9.90 Å². The van der Waals surface area contributed by atoms with Gasteiger partial charge >= 0.3 is 0 Å². The summed E-state index contributed by atoms with van der Waals surface area (Å²) in [7, 11) is 0. The van der Waals surface area contributed by atoms with Crippen molar-refractivity contribution in [3.63, 3.8) is 0 Å². The van der Waals surface area contributed by atoms with Gasteiger partial charge < -0.3 is 16.2 Å². The number of hydrogen-bond acceptors (Lipinski definition) is 4. The minimum Gasteiger partial charge on any atom is -0.397 e. The molecule has 4 N–H and O–H groups in total. The second-order valence-corrected chi connectivity index (χ2v) is 5.98. The molecule has 1 amide bonds. The van der Waals surface area contributed by atoms with Gasteiger partial charge in [-0.2, -0.15) is 11.8 Å². The Kier molecular flexibility index (Phi) is 7.05. The topological polar surface area (TPSA) is 75.3 Å². The molecule has 4 nitrogen and oxygen atoms in total. The van der Waals surface area contributed by atoms with Gasteiger partial charge in [-0.3, -0.25) is 4.79 Å². The van der Waals surface area contributed by atoms with Crippen molar-refractivity contribution in [1.29, 1.82) is 0 Å². The smallest absolute Gasteiger partial charge is 0.225 e. The molecule has 1 rings (SSSR count). The first-order valence-electron chi connectivity index (χ1n) is 6.06.